The van der Waals surface area contributed by atoms with E-state index in [-0.39, 0.29) is 31.1 Å². The molecule has 0 saturated heterocycles. The molecule has 1 fully saturated rings. The summed E-state index contributed by atoms with van der Waals surface area (Å²) in [6.45, 7) is 0.833. The number of nitrogens with zero attached hydrogens (tertiary/aromatic N) is 1. The van der Waals surface area contributed by atoms with Gasteiger partial charge in [-0.3, -0.25) is 24.5 Å². The molecule has 1 N–H and O–H groups in total. The van der Waals surface area contributed by atoms with E-state index in [1.165, 1.54) is 14.2 Å². The fourth-order valence-corrected chi connectivity index (χ4v) is 3.47. The highest BCUT2D eigenvalue weighted by molar-refractivity contribution is 5.94. The quantitative estimate of drug-likeness (QED) is 0.371. The molecular weight excluding hydrogens is 384 g/mol. The summed E-state index contributed by atoms with van der Waals surface area (Å²) in [7, 11) is 2.93. The van der Waals surface area contributed by atoms with E-state index in [2.05, 4.69) is 5.32 Å². The maximum absolute atomic E-state index is 12.1. The number of ketones is 1. The van der Waals surface area contributed by atoms with Crippen molar-refractivity contribution in [1.82, 2.24) is 0 Å². The van der Waals surface area contributed by atoms with Gasteiger partial charge in [-0.05, 0) is 18.1 Å². The first-order chi connectivity index (χ1) is 13.7. The van der Waals surface area contributed by atoms with Gasteiger partial charge in [-0.25, -0.2) is 0 Å². The Bertz CT molecular complexity index is 794. The maximum Gasteiger partial charge on any atom is 0.307 e. The second kappa shape index (κ2) is 9.85. The molecule has 0 aromatic heterocycles. The van der Waals surface area contributed by atoms with Gasteiger partial charge in [-0.1, -0.05) is 6.92 Å². The van der Waals surface area contributed by atoms with Gasteiger partial charge in [0.15, 0.2) is 6.61 Å². The Morgan fingerprint density at radius 3 is 2.62 bits per heavy atom. The molecule has 0 radical (unpaired) electrons. The van der Waals surface area contributed by atoms with Gasteiger partial charge >= 0.3 is 5.97 Å². The summed E-state index contributed by atoms with van der Waals surface area (Å²) in [6.07, 6.45) is -0.0744. The van der Waals surface area contributed by atoms with Gasteiger partial charge in [0.05, 0.1) is 26.3 Å². The zero-order chi connectivity index (χ0) is 21.6. The van der Waals surface area contributed by atoms with Crippen LogP contribution in [0.5, 0.6) is 11.5 Å². The van der Waals surface area contributed by atoms with Crippen LogP contribution in [-0.2, 0) is 19.1 Å². The molecule has 1 aliphatic rings. The van der Waals surface area contributed by atoms with Crippen LogP contribution in [0.2, 0.25) is 0 Å². The van der Waals surface area contributed by atoms with Crippen molar-refractivity contribution in [2.45, 2.75) is 19.8 Å². The number of benzene rings is 1. The minimum absolute atomic E-state index is 0.170. The molecule has 1 amide bonds. The van der Waals surface area contributed by atoms with Crippen LogP contribution in [-0.4, -0.2) is 50.0 Å². The summed E-state index contributed by atoms with van der Waals surface area (Å²) in [6, 6.07) is 4.80. The fraction of sp³-hybridized carbons (Fsp3) is 0.526. The molecule has 3 atom stereocenters. The van der Waals surface area contributed by atoms with Crippen molar-refractivity contribution in [3.05, 3.63) is 28.3 Å². The van der Waals surface area contributed by atoms with Gasteiger partial charge in [0.1, 0.15) is 17.3 Å². The van der Waals surface area contributed by atoms with Crippen molar-refractivity contribution in [3.8, 4) is 11.5 Å². The van der Waals surface area contributed by atoms with Gasteiger partial charge in [0, 0.05) is 29.2 Å². The van der Waals surface area contributed by atoms with Crippen molar-refractivity contribution < 1.29 is 33.5 Å². The highest BCUT2D eigenvalue weighted by atomic mass is 16.6. The third kappa shape index (κ3) is 5.90. The van der Waals surface area contributed by atoms with E-state index in [1.54, 1.807) is 25.1 Å². The summed E-state index contributed by atoms with van der Waals surface area (Å²) in [4.78, 5) is 46.6. The predicted molar refractivity (Wildman–Crippen MR) is 101 cm³/mol. The van der Waals surface area contributed by atoms with Gasteiger partial charge in [-0.15, -0.1) is 0 Å². The first-order valence-corrected chi connectivity index (χ1v) is 9.07. The number of ether oxygens (including phenoxy) is 3. The Hall–Kier alpha value is -3.17. The number of nitro groups is 1. The topological polar surface area (TPSA) is 134 Å². The van der Waals surface area contributed by atoms with Crippen LogP contribution in [0, 0.1) is 27.9 Å². The molecule has 0 spiro atoms. The Morgan fingerprint density at radius 1 is 1.28 bits per heavy atom. The Morgan fingerprint density at radius 2 is 2.00 bits per heavy atom. The number of carbonyl (C=O) groups is 3. The van der Waals surface area contributed by atoms with Gasteiger partial charge in [0.25, 0.3) is 5.91 Å². The highest BCUT2D eigenvalue weighted by Gasteiger charge is 2.44. The van der Waals surface area contributed by atoms with Crippen LogP contribution in [0.3, 0.4) is 0 Å². The zero-order valence-electron chi connectivity index (χ0n) is 16.5. The molecular formula is C19H24N2O8. The van der Waals surface area contributed by atoms with Crippen LogP contribution in [0.25, 0.3) is 0 Å². The van der Waals surface area contributed by atoms with E-state index in [0.717, 1.165) is 0 Å². The van der Waals surface area contributed by atoms with Crippen molar-refractivity contribution in [3.63, 3.8) is 0 Å². The number of rotatable bonds is 9. The molecule has 10 nitrogen and oxygen atoms in total. The number of nitrogens with one attached hydrogen (secondary N) is 1. The summed E-state index contributed by atoms with van der Waals surface area (Å²) >= 11 is 0. The first-order valence-electron chi connectivity index (χ1n) is 9.07. The lowest BCUT2D eigenvalue weighted by atomic mass is 9.88. The molecule has 0 bridgehead atoms. The molecule has 0 unspecified atom stereocenters. The largest absolute Gasteiger partial charge is 0.497 e. The minimum atomic E-state index is -0.757. The predicted octanol–water partition coefficient (Wildman–Crippen LogP) is 1.69. The van der Waals surface area contributed by atoms with E-state index in [4.69, 9.17) is 14.2 Å². The van der Waals surface area contributed by atoms with Gasteiger partial charge in [-0.2, -0.15) is 0 Å². The number of carbonyl (C=O) groups excluding carboxylic acids is 3. The van der Waals surface area contributed by atoms with E-state index in [1.807, 2.05) is 0 Å². The minimum Gasteiger partial charge on any atom is -0.497 e. The van der Waals surface area contributed by atoms with E-state index in [0.29, 0.717) is 17.2 Å². The molecule has 29 heavy (non-hydrogen) atoms. The average molecular weight is 408 g/mol. The number of amides is 1. The van der Waals surface area contributed by atoms with E-state index in [9.17, 15) is 24.5 Å². The Kier molecular flexibility index (Phi) is 7.52. The second-order valence-corrected chi connectivity index (χ2v) is 6.91. The van der Waals surface area contributed by atoms with Crippen LogP contribution in [0.4, 0.5) is 5.69 Å². The lowest BCUT2D eigenvalue weighted by Crippen LogP contribution is -2.28. The number of methoxy groups -OCH3 is 2. The molecule has 1 aliphatic carbocycles. The average Bonchev–Trinajstić information content (AvgIpc) is 2.93. The molecule has 10 heteroatoms. The van der Waals surface area contributed by atoms with Crippen LogP contribution < -0.4 is 14.8 Å². The normalized spacial score (nSPS) is 20.8. The zero-order valence-corrected chi connectivity index (χ0v) is 16.5. The number of esters is 1. The SMILES string of the molecule is COc1ccc(NC(=O)COC(=O)C[C@H]2C(=O)C[C@H](C)[C@H]2C[N+](=O)[O-])c(OC)c1. The smallest absolute Gasteiger partial charge is 0.307 e. The number of hydrogen-bond donors (Lipinski definition) is 1. The Labute approximate surface area is 167 Å². The molecule has 1 saturated carbocycles. The van der Waals surface area contributed by atoms with E-state index < -0.39 is 35.2 Å². The van der Waals surface area contributed by atoms with Crippen LogP contribution in [0.1, 0.15) is 19.8 Å². The number of hydrogen-bond acceptors (Lipinski definition) is 8. The monoisotopic (exact) mass is 408 g/mol. The molecule has 2 rings (SSSR count). The van der Waals surface area contributed by atoms with Gasteiger partial charge < -0.3 is 19.5 Å². The van der Waals surface area contributed by atoms with Crippen molar-refractivity contribution in [1.29, 1.82) is 0 Å². The second-order valence-electron chi connectivity index (χ2n) is 6.91. The molecule has 1 aromatic rings. The molecule has 1 aromatic carbocycles. The van der Waals surface area contributed by atoms with Crippen molar-refractivity contribution in [2.24, 2.45) is 17.8 Å². The molecule has 0 heterocycles. The van der Waals surface area contributed by atoms with Crippen LogP contribution in [0.15, 0.2) is 18.2 Å². The fourth-order valence-electron chi connectivity index (χ4n) is 3.47. The summed E-state index contributed by atoms with van der Waals surface area (Å²) in [5, 5.41) is 13.4. The maximum atomic E-state index is 12.1. The van der Waals surface area contributed by atoms with Crippen LogP contribution >= 0.6 is 0 Å². The third-order valence-electron chi connectivity index (χ3n) is 4.98. The molecule has 158 valence electrons. The summed E-state index contributed by atoms with van der Waals surface area (Å²) < 4.78 is 15.2. The molecule has 0 aliphatic heterocycles. The summed E-state index contributed by atoms with van der Waals surface area (Å²) in [5.74, 6) is -2.04. The lowest BCUT2D eigenvalue weighted by molar-refractivity contribution is -0.490. The Balaban J connectivity index is 1.89. The summed E-state index contributed by atoms with van der Waals surface area (Å²) in [5.41, 5.74) is 0.375. The van der Waals surface area contributed by atoms with Crippen molar-refractivity contribution >= 4 is 23.3 Å². The highest BCUT2D eigenvalue weighted by Crippen LogP contribution is 2.36. The van der Waals surface area contributed by atoms with Crippen molar-refractivity contribution in [2.75, 3.05) is 32.7 Å². The first kappa shape index (κ1) is 22.1. The van der Waals surface area contributed by atoms with E-state index >= 15 is 0 Å². The third-order valence-corrected chi connectivity index (χ3v) is 4.98. The number of Topliss-reactive ketones (excluding diaryl/α,β-unsaturated/α-hetero) is 1. The lowest BCUT2D eigenvalue weighted by Gasteiger charge is -2.17. The standard InChI is InChI=1S/C19H24N2O8/c1-11-6-16(22)13(14(11)9-21(25)26)8-19(24)29-10-18(23)20-15-5-4-12(27-2)7-17(15)28-3/h4-5,7,11,13-14H,6,8-10H2,1-3H3,(H,20,23)/t11-,13+,14+/m0/s1. The number of anilines is 1. The van der Waals surface area contributed by atoms with Gasteiger partial charge in [0.2, 0.25) is 6.54 Å².